The number of methoxy groups -OCH3 is 2. The number of nitrogens with zero attached hydrogens (tertiary/aromatic N) is 2. The first-order valence-corrected chi connectivity index (χ1v) is 10.6. The van der Waals surface area contributed by atoms with Crippen LogP contribution < -0.4 is 14.8 Å². The number of carbonyl (C=O) groups is 1. The molecule has 2 heterocycles. The molecule has 0 radical (unpaired) electrons. The van der Waals surface area contributed by atoms with Gasteiger partial charge in [-0.2, -0.15) is 0 Å². The summed E-state index contributed by atoms with van der Waals surface area (Å²) in [5.74, 6) is 2.12. The normalized spacial score (nSPS) is 18.5. The quantitative estimate of drug-likeness (QED) is 0.729. The van der Waals surface area contributed by atoms with Gasteiger partial charge in [-0.1, -0.05) is 6.92 Å². The van der Waals surface area contributed by atoms with Crippen molar-refractivity contribution in [1.82, 2.24) is 15.2 Å². The molecule has 1 aromatic heterocycles. The molecule has 1 N–H and O–H groups in total. The Bertz CT molecular complexity index is 766. The van der Waals surface area contributed by atoms with Crippen LogP contribution in [0.5, 0.6) is 11.5 Å². The fourth-order valence-corrected chi connectivity index (χ4v) is 4.58. The molecule has 0 unspecified atom stereocenters. The smallest absolute Gasteiger partial charge is 0.220 e. The van der Waals surface area contributed by atoms with E-state index in [1.807, 2.05) is 36.7 Å². The van der Waals surface area contributed by atoms with Crippen LogP contribution in [0.4, 0.5) is 0 Å². The Kier molecular flexibility index (Phi) is 7.28. The summed E-state index contributed by atoms with van der Waals surface area (Å²) < 4.78 is 10.9. The number of aromatic nitrogens is 1. The summed E-state index contributed by atoms with van der Waals surface area (Å²) in [6.45, 7) is 4.62. The topological polar surface area (TPSA) is 63.7 Å². The molecule has 0 saturated carbocycles. The minimum atomic E-state index is -0.0255. The Morgan fingerprint density at radius 1 is 1.39 bits per heavy atom. The van der Waals surface area contributed by atoms with Gasteiger partial charge in [-0.05, 0) is 43.5 Å². The van der Waals surface area contributed by atoms with Crippen LogP contribution in [-0.2, 0) is 11.3 Å². The van der Waals surface area contributed by atoms with Crippen molar-refractivity contribution < 1.29 is 14.3 Å². The van der Waals surface area contributed by atoms with E-state index in [4.69, 9.17) is 9.47 Å². The molecule has 0 bridgehead atoms. The van der Waals surface area contributed by atoms with Gasteiger partial charge >= 0.3 is 0 Å². The van der Waals surface area contributed by atoms with Crippen molar-refractivity contribution in [2.45, 2.75) is 38.8 Å². The molecule has 7 heteroatoms. The largest absolute Gasteiger partial charge is 0.497 e. The van der Waals surface area contributed by atoms with Crippen molar-refractivity contribution in [2.24, 2.45) is 5.92 Å². The van der Waals surface area contributed by atoms with Gasteiger partial charge in [0.15, 0.2) is 0 Å². The SMILES string of the molecule is CCC(=O)N[C@@H](c1nccs1)[C@@H]1CCCN(Cc2cc(OC)ccc2OC)C1. The van der Waals surface area contributed by atoms with Gasteiger partial charge < -0.3 is 14.8 Å². The molecular weight excluding hydrogens is 374 g/mol. The zero-order chi connectivity index (χ0) is 19.9. The maximum atomic E-state index is 12.1. The highest BCUT2D eigenvalue weighted by Crippen LogP contribution is 2.33. The van der Waals surface area contributed by atoms with Gasteiger partial charge in [-0.15, -0.1) is 11.3 Å². The standard InChI is InChI=1S/C21H29N3O3S/c1-4-19(25)23-20(21-22-9-11-28-21)15-6-5-10-24(13-15)14-16-12-17(26-2)7-8-18(16)27-3/h7-9,11-12,15,20H,4-6,10,13-14H2,1-3H3,(H,23,25)/t15-,20-/m1/s1. The van der Waals surface area contributed by atoms with Gasteiger partial charge in [0.1, 0.15) is 16.5 Å². The van der Waals surface area contributed by atoms with Crippen molar-refractivity contribution in [3.63, 3.8) is 0 Å². The summed E-state index contributed by atoms with van der Waals surface area (Å²) in [6.07, 6.45) is 4.48. The number of hydrogen-bond donors (Lipinski definition) is 1. The number of rotatable bonds is 8. The van der Waals surface area contributed by atoms with Crippen LogP contribution in [0.2, 0.25) is 0 Å². The number of likely N-dealkylation sites (tertiary alicyclic amines) is 1. The summed E-state index contributed by atoms with van der Waals surface area (Å²) in [6, 6.07) is 5.89. The zero-order valence-electron chi connectivity index (χ0n) is 16.8. The van der Waals surface area contributed by atoms with E-state index < -0.39 is 0 Å². The van der Waals surface area contributed by atoms with E-state index in [0.717, 1.165) is 54.5 Å². The summed E-state index contributed by atoms with van der Waals surface area (Å²) in [7, 11) is 3.38. The monoisotopic (exact) mass is 403 g/mol. The van der Waals surface area contributed by atoms with E-state index in [1.165, 1.54) is 0 Å². The van der Waals surface area contributed by atoms with Crippen LogP contribution in [0.1, 0.15) is 42.8 Å². The second kappa shape index (κ2) is 9.89. The molecule has 2 aromatic rings. The van der Waals surface area contributed by atoms with Crippen molar-refractivity contribution in [3.8, 4) is 11.5 Å². The molecule has 1 aliphatic rings. The number of benzene rings is 1. The highest BCUT2D eigenvalue weighted by Gasteiger charge is 2.31. The lowest BCUT2D eigenvalue weighted by molar-refractivity contribution is -0.122. The van der Waals surface area contributed by atoms with E-state index in [1.54, 1.807) is 25.6 Å². The third-order valence-electron chi connectivity index (χ3n) is 5.25. The number of carbonyl (C=O) groups excluding carboxylic acids is 1. The van der Waals surface area contributed by atoms with Crippen LogP contribution in [0.15, 0.2) is 29.8 Å². The molecule has 0 aliphatic carbocycles. The fraction of sp³-hybridized carbons (Fsp3) is 0.524. The molecule has 152 valence electrons. The number of amides is 1. The summed E-state index contributed by atoms with van der Waals surface area (Å²) >= 11 is 1.61. The van der Waals surface area contributed by atoms with Crippen LogP contribution >= 0.6 is 11.3 Å². The Labute approximate surface area is 170 Å². The maximum absolute atomic E-state index is 12.1. The molecule has 1 fully saturated rings. The second-order valence-corrected chi connectivity index (χ2v) is 8.01. The predicted octanol–water partition coefficient (Wildman–Crippen LogP) is 3.64. The average Bonchev–Trinajstić information content (AvgIpc) is 3.26. The summed E-state index contributed by atoms with van der Waals surface area (Å²) in [5, 5.41) is 6.17. The number of ether oxygens (including phenoxy) is 2. The molecule has 28 heavy (non-hydrogen) atoms. The molecule has 1 aromatic carbocycles. The average molecular weight is 404 g/mol. The lowest BCUT2D eigenvalue weighted by Gasteiger charge is -2.36. The van der Waals surface area contributed by atoms with E-state index in [2.05, 4.69) is 15.2 Å². The highest BCUT2D eigenvalue weighted by molar-refractivity contribution is 7.09. The Morgan fingerprint density at radius 2 is 2.25 bits per heavy atom. The maximum Gasteiger partial charge on any atom is 0.220 e. The number of hydrogen-bond acceptors (Lipinski definition) is 6. The first-order chi connectivity index (χ1) is 13.6. The van der Waals surface area contributed by atoms with Gasteiger partial charge in [0, 0.05) is 36.7 Å². The molecule has 2 atom stereocenters. The first-order valence-electron chi connectivity index (χ1n) is 9.76. The summed E-state index contributed by atoms with van der Waals surface area (Å²) in [5.41, 5.74) is 1.12. The van der Waals surface area contributed by atoms with E-state index in [0.29, 0.717) is 12.3 Å². The molecule has 1 amide bonds. The third kappa shape index (κ3) is 5.02. The molecule has 1 saturated heterocycles. The number of nitrogens with one attached hydrogen (secondary N) is 1. The number of thiazole rings is 1. The second-order valence-electron chi connectivity index (χ2n) is 7.08. The van der Waals surface area contributed by atoms with Gasteiger partial charge in [-0.25, -0.2) is 4.98 Å². The van der Waals surface area contributed by atoms with Crippen molar-refractivity contribution in [2.75, 3.05) is 27.3 Å². The van der Waals surface area contributed by atoms with Gasteiger partial charge in [0.25, 0.3) is 0 Å². The molecule has 0 spiro atoms. The molecule has 6 nitrogen and oxygen atoms in total. The van der Waals surface area contributed by atoms with Crippen LogP contribution in [0.3, 0.4) is 0 Å². The van der Waals surface area contributed by atoms with E-state index in [9.17, 15) is 4.79 Å². The molecule has 1 aliphatic heterocycles. The van der Waals surface area contributed by atoms with Gasteiger partial charge in [-0.3, -0.25) is 9.69 Å². The fourth-order valence-electron chi connectivity index (χ4n) is 3.80. The molecule has 3 rings (SSSR count). The minimum Gasteiger partial charge on any atom is -0.497 e. The number of piperidine rings is 1. The highest BCUT2D eigenvalue weighted by atomic mass is 32.1. The lowest BCUT2D eigenvalue weighted by Crippen LogP contribution is -2.42. The molecular formula is C21H29N3O3S. The van der Waals surface area contributed by atoms with Crippen LogP contribution in [-0.4, -0.2) is 43.1 Å². The first kappa shape index (κ1) is 20.6. The third-order valence-corrected chi connectivity index (χ3v) is 6.11. The Morgan fingerprint density at radius 3 is 2.93 bits per heavy atom. The predicted molar refractivity (Wildman–Crippen MR) is 111 cm³/mol. The van der Waals surface area contributed by atoms with Crippen LogP contribution in [0.25, 0.3) is 0 Å². The Balaban J connectivity index is 1.74. The van der Waals surface area contributed by atoms with Gasteiger partial charge in [0.2, 0.25) is 5.91 Å². The van der Waals surface area contributed by atoms with Gasteiger partial charge in [0.05, 0.1) is 20.3 Å². The lowest BCUT2D eigenvalue weighted by atomic mass is 9.90. The van der Waals surface area contributed by atoms with E-state index >= 15 is 0 Å². The zero-order valence-corrected chi connectivity index (χ0v) is 17.6. The van der Waals surface area contributed by atoms with E-state index in [-0.39, 0.29) is 11.9 Å². The summed E-state index contributed by atoms with van der Waals surface area (Å²) in [4.78, 5) is 19.0. The van der Waals surface area contributed by atoms with Crippen molar-refractivity contribution >= 4 is 17.2 Å². The van der Waals surface area contributed by atoms with Crippen molar-refractivity contribution in [1.29, 1.82) is 0 Å². The minimum absolute atomic E-state index is 0.0255. The Hall–Kier alpha value is -2.12. The van der Waals surface area contributed by atoms with Crippen molar-refractivity contribution in [3.05, 3.63) is 40.3 Å². The van der Waals surface area contributed by atoms with Crippen LogP contribution in [0, 0.1) is 5.92 Å².